The van der Waals surface area contributed by atoms with Crippen molar-refractivity contribution < 1.29 is 18.3 Å². The number of rotatable bonds is 5. The van der Waals surface area contributed by atoms with Gasteiger partial charge in [-0.05, 0) is 37.9 Å². The summed E-state index contributed by atoms with van der Waals surface area (Å²) in [6, 6.07) is 6.20. The highest BCUT2D eigenvalue weighted by Gasteiger charge is 2.39. The van der Waals surface area contributed by atoms with E-state index in [-0.39, 0.29) is 17.3 Å². The maximum atomic E-state index is 12.4. The molecule has 1 heterocycles. The summed E-state index contributed by atoms with van der Waals surface area (Å²) in [6.07, 6.45) is 2.32. The summed E-state index contributed by atoms with van der Waals surface area (Å²) in [5.74, 6) is -0.233. The second-order valence-corrected chi connectivity index (χ2v) is 4.79. The first-order valence-corrected chi connectivity index (χ1v) is 6.68. The van der Waals surface area contributed by atoms with E-state index >= 15 is 0 Å². The van der Waals surface area contributed by atoms with Crippen molar-refractivity contribution in [3.8, 4) is 5.75 Å². The zero-order chi connectivity index (χ0) is 14.6. The quantitative estimate of drug-likeness (QED) is 0.874. The predicted molar refractivity (Wildman–Crippen MR) is 72.0 cm³/mol. The maximum absolute atomic E-state index is 12.4. The van der Waals surface area contributed by atoms with Gasteiger partial charge in [-0.2, -0.15) is 8.78 Å². The third-order valence-electron chi connectivity index (χ3n) is 3.63. The fraction of sp³-hybridized carbons (Fsp3) is 0.500. The van der Waals surface area contributed by atoms with Gasteiger partial charge in [0, 0.05) is 0 Å². The number of hydrogen-bond donors (Lipinski definition) is 2. The topological polar surface area (TPSA) is 50.4 Å². The van der Waals surface area contributed by atoms with E-state index in [1.165, 1.54) is 6.07 Å². The van der Waals surface area contributed by atoms with Gasteiger partial charge in [0.1, 0.15) is 5.75 Å². The van der Waals surface area contributed by atoms with Crippen LogP contribution in [0.15, 0.2) is 24.3 Å². The number of nitrogens with one attached hydrogen (secondary N) is 2. The Labute approximate surface area is 116 Å². The van der Waals surface area contributed by atoms with Crippen LogP contribution in [0.2, 0.25) is 0 Å². The number of para-hydroxylation sites is 2. The molecule has 1 aromatic carbocycles. The number of ether oxygens (including phenoxy) is 1. The molecule has 4 nitrogen and oxygen atoms in total. The van der Waals surface area contributed by atoms with Crippen molar-refractivity contribution in [3.63, 3.8) is 0 Å². The summed E-state index contributed by atoms with van der Waals surface area (Å²) in [5, 5.41) is 5.89. The summed E-state index contributed by atoms with van der Waals surface area (Å²) in [6.45, 7) is -0.201. The van der Waals surface area contributed by atoms with Crippen LogP contribution in [0.3, 0.4) is 0 Å². The van der Waals surface area contributed by atoms with Gasteiger partial charge in [-0.15, -0.1) is 0 Å². The second kappa shape index (κ2) is 6.17. The molecule has 1 amide bonds. The number of anilines is 1. The van der Waals surface area contributed by atoms with E-state index in [0.29, 0.717) is 6.42 Å². The standard InChI is InChI=1S/C14H18F2N2O2/c1-2-14(8-5-9-17-14)12(19)18-10-6-3-4-7-11(10)20-13(15)16/h3-4,6-7,13,17H,2,5,8-9H2,1H3,(H,18,19). The Bertz CT molecular complexity index is 474. The van der Waals surface area contributed by atoms with Crippen molar-refractivity contribution in [1.82, 2.24) is 5.32 Å². The number of amides is 1. The van der Waals surface area contributed by atoms with Gasteiger partial charge < -0.3 is 15.4 Å². The van der Waals surface area contributed by atoms with E-state index in [1.54, 1.807) is 18.2 Å². The number of benzene rings is 1. The minimum Gasteiger partial charge on any atom is -0.433 e. The van der Waals surface area contributed by atoms with Crippen LogP contribution < -0.4 is 15.4 Å². The van der Waals surface area contributed by atoms with Crippen LogP contribution in [0.4, 0.5) is 14.5 Å². The summed E-state index contributed by atoms with van der Waals surface area (Å²) in [7, 11) is 0. The number of carbonyl (C=O) groups excluding carboxylic acids is 1. The molecule has 0 aliphatic carbocycles. The maximum Gasteiger partial charge on any atom is 0.387 e. The highest BCUT2D eigenvalue weighted by Crippen LogP contribution is 2.29. The minimum atomic E-state index is -2.92. The molecule has 0 aromatic heterocycles. The van der Waals surface area contributed by atoms with Gasteiger partial charge in [-0.3, -0.25) is 4.79 Å². The molecule has 2 N–H and O–H groups in total. The number of halogens is 2. The third-order valence-corrected chi connectivity index (χ3v) is 3.63. The molecule has 1 aromatic rings. The Kier molecular flexibility index (Phi) is 4.54. The lowest BCUT2D eigenvalue weighted by Gasteiger charge is -2.27. The normalized spacial score (nSPS) is 22.0. The molecule has 1 unspecified atom stereocenters. The number of carbonyl (C=O) groups is 1. The molecule has 20 heavy (non-hydrogen) atoms. The van der Waals surface area contributed by atoms with Crippen LogP contribution in [0.25, 0.3) is 0 Å². The van der Waals surface area contributed by atoms with Gasteiger partial charge in [0.25, 0.3) is 0 Å². The molecule has 0 bridgehead atoms. The molecule has 1 saturated heterocycles. The van der Waals surface area contributed by atoms with Crippen LogP contribution in [0, 0.1) is 0 Å². The fourth-order valence-corrected chi connectivity index (χ4v) is 2.47. The van der Waals surface area contributed by atoms with Gasteiger partial charge in [-0.25, -0.2) is 0 Å². The molecule has 110 valence electrons. The molecule has 6 heteroatoms. The fourth-order valence-electron chi connectivity index (χ4n) is 2.47. The molecule has 2 rings (SSSR count). The Balaban J connectivity index is 2.15. The summed E-state index contributed by atoms with van der Waals surface area (Å²) in [4.78, 5) is 12.4. The highest BCUT2D eigenvalue weighted by atomic mass is 19.3. The molecule has 0 spiro atoms. The largest absolute Gasteiger partial charge is 0.433 e. The molecule has 0 saturated carbocycles. The molecular weight excluding hydrogens is 266 g/mol. The monoisotopic (exact) mass is 284 g/mol. The van der Waals surface area contributed by atoms with Gasteiger partial charge in [0.15, 0.2) is 0 Å². The lowest BCUT2D eigenvalue weighted by Crippen LogP contribution is -2.50. The number of alkyl halides is 2. The highest BCUT2D eigenvalue weighted by molar-refractivity contribution is 5.99. The molecule has 1 fully saturated rings. The van der Waals surface area contributed by atoms with Crippen LogP contribution in [0.5, 0.6) is 5.75 Å². The second-order valence-electron chi connectivity index (χ2n) is 4.79. The smallest absolute Gasteiger partial charge is 0.387 e. The minimum absolute atomic E-state index is 0.0277. The van der Waals surface area contributed by atoms with E-state index < -0.39 is 12.2 Å². The van der Waals surface area contributed by atoms with Gasteiger partial charge in [0.2, 0.25) is 5.91 Å². The van der Waals surface area contributed by atoms with E-state index in [1.807, 2.05) is 6.92 Å². The van der Waals surface area contributed by atoms with Crippen LogP contribution in [0.1, 0.15) is 26.2 Å². The Morgan fingerprint density at radius 1 is 1.50 bits per heavy atom. The average molecular weight is 284 g/mol. The Morgan fingerprint density at radius 3 is 2.85 bits per heavy atom. The van der Waals surface area contributed by atoms with Gasteiger partial charge >= 0.3 is 6.61 Å². The molecule has 1 aliphatic rings. The Hall–Kier alpha value is -1.69. The Morgan fingerprint density at radius 2 is 2.25 bits per heavy atom. The first-order valence-electron chi connectivity index (χ1n) is 6.68. The van der Waals surface area contributed by atoms with Crippen molar-refractivity contribution in [2.75, 3.05) is 11.9 Å². The first-order chi connectivity index (χ1) is 9.57. The van der Waals surface area contributed by atoms with Crippen molar-refractivity contribution in [3.05, 3.63) is 24.3 Å². The first kappa shape index (κ1) is 14.7. The summed E-state index contributed by atoms with van der Waals surface area (Å²) >= 11 is 0. The van der Waals surface area contributed by atoms with E-state index in [9.17, 15) is 13.6 Å². The van der Waals surface area contributed by atoms with Gasteiger partial charge in [0.05, 0.1) is 11.2 Å². The molecule has 1 aliphatic heterocycles. The average Bonchev–Trinajstić information content (AvgIpc) is 2.90. The van der Waals surface area contributed by atoms with E-state index in [4.69, 9.17) is 0 Å². The lowest BCUT2D eigenvalue weighted by atomic mass is 9.93. The molecular formula is C14H18F2N2O2. The van der Waals surface area contributed by atoms with Crippen molar-refractivity contribution in [1.29, 1.82) is 0 Å². The third kappa shape index (κ3) is 3.07. The van der Waals surface area contributed by atoms with Crippen LogP contribution in [-0.4, -0.2) is 24.6 Å². The summed E-state index contributed by atoms with van der Waals surface area (Å²) < 4.78 is 29.1. The van der Waals surface area contributed by atoms with Crippen LogP contribution >= 0.6 is 0 Å². The number of hydrogen-bond acceptors (Lipinski definition) is 3. The van der Waals surface area contributed by atoms with Crippen molar-refractivity contribution in [2.24, 2.45) is 0 Å². The van der Waals surface area contributed by atoms with Crippen molar-refractivity contribution in [2.45, 2.75) is 38.3 Å². The molecule has 1 atom stereocenters. The van der Waals surface area contributed by atoms with E-state index in [0.717, 1.165) is 19.4 Å². The predicted octanol–water partition coefficient (Wildman–Crippen LogP) is 2.76. The van der Waals surface area contributed by atoms with E-state index in [2.05, 4.69) is 15.4 Å². The summed E-state index contributed by atoms with van der Waals surface area (Å²) in [5.41, 5.74) is -0.350. The van der Waals surface area contributed by atoms with Gasteiger partial charge in [-0.1, -0.05) is 19.1 Å². The zero-order valence-corrected chi connectivity index (χ0v) is 11.3. The zero-order valence-electron chi connectivity index (χ0n) is 11.3. The lowest BCUT2D eigenvalue weighted by molar-refractivity contribution is -0.122. The molecule has 0 radical (unpaired) electrons. The van der Waals surface area contributed by atoms with Crippen molar-refractivity contribution >= 4 is 11.6 Å². The SMILES string of the molecule is CCC1(C(=O)Nc2ccccc2OC(F)F)CCCN1. The van der Waals surface area contributed by atoms with Crippen LogP contribution in [-0.2, 0) is 4.79 Å².